The third-order valence-electron chi connectivity index (χ3n) is 0. The summed E-state index contributed by atoms with van der Waals surface area (Å²) in [5, 5.41) is 0. The van der Waals surface area contributed by atoms with Crippen LogP contribution >= 0.6 is 0 Å². The van der Waals surface area contributed by atoms with Gasteiger partial charge in [-0.2, -0.15) is 0 Å². The minimum atomic E-state index is -3.40. The van der Waals surface area contributed by atoms with Crippen LogP contribution in [-0.2, 0) is 0 Å². The van der Waals surface area contributed by atoms with Gasteiger partial charge in [0.1, 0.15) is 0 Å². The second-order valence-corrected chi connectivity index (χ2v) is 1.04. The summed E-state index contributed by atoms with van der Waals surface area (Å²) >= 11 is -3.40. The standard InChI is InChI=1S/BrHO3.Ho/c2-1(3)4;/h2H;. The molecule has 0 saturated carbocycles. The molecule has 0 amide bonds. The van der Waals surface area contributed by atoms with Crippen molar-refractivity contribution in [1.82, 2.24) is 0 Å². The van der Waals surface area contributed by atoms with Crippen molar-refractivity contribution in [3.8, 4) is 0 Å². The fraction of sp³-hybridized carbons (Fsp3) is 0. The molecule has 1 radical (unpaired) electrons. The predicted molar refractivity (Wildman–Crippen MR) is 2.22 cm³/mol. The molecule has 0 spiro atoms. The molecule has 1 N–H and O–H groups in total. The Labute approximate surface area is 64.4 Å². The second kappa shape index (κ2) is 5.62. The first kappa shape index (κ1) is 9.80. The molecule has 0 rings (SSSR count). The molecule has 3 nitrogen and oxygen atoms in total. The quantitative estimate of drug-likeness (QED) is 0.486. The molecule has 0 heterocycles. The van der Waals surface area contributed by atoms with E-state index in [1.165, 1.54) is 0 Å². The Morgan fingerprint density at radius 1 is 1.40 bits per heavy atom. The Kier molecular flexibility index (Phi) is 11.0. The van der Waals surface area contributed by atoms with E-state index in [0.29, 0.717) is 0 Å². The fourth-order valence-electron chi connectivity index (χ4n) is 0. The van der Waals surface area contributed by atoms with Crippen molar-refractivity contribution >= 4 is 0 Å². The SMILES string of the molecule is [Ho].[O-][Br+2]([O-])O. The number of hydrogen-bond donors (Lipinski definition) is 1. The molecule has 0 aromatic carbocycles. The molecule has 0 atom stereocenters. The van der Waals surface area contributed by atoms with Gasteiger partial charge in [0.15, 0.2) is 0 Å². The van der Waals surface area contributed by atoms with Crippen LogP contribution in [0.4, 0.5) is 0 Å². The molecule has 0 aliphatic heterocycles. The maximum atomic E-state index is 8.63. The largest absolute Gasteiger partial charge is 0.433 e. The molecule has 37 valence electrons. The minimum absolute atomic E-state index is 0. The van der Waals surface area contributed by atoms with Crippen LogP contribution in [0.15, 0.2) is 0 Å². The first-order valence-corrected chi connectivity index (χ1v) is 2.48. The Morgan fingerprint density at radius 3 is 1.40 bits per heavy atom. The average molecular weight is 294 g/mol. The van der Waals surface area contributed by atoms with Crippen LogP contribution < -0.4 is 8.40 Å². The summed E-state index contributed by atoms with van der Waals surface area (Å²) < 4.78 is 24.3. The topological polar surface area (TPSA) is 66.3 Å². The van der Waals surface area contributed by atoms with Crippen molar-refractivity contribution in [2.45, 2.75) is 0 Å². The molecule has 0 aromatic rings. The smallest absolute Gasteiger partial charge is 0.372 e. The van der Waals surface area contributed by atoms with Gasteiger partial charge in [-0.1, -0.05) is 0 Å². The Bertz CT molecular complexity index is 11.6. The normalized spacial score (nSPS) is 7.20. The van der Waals surface area contributed by atoms with Gasteiger partial charge >= 0.3 is 14.8 Å². The van der Waals surface area contributed by atoms with Gasteiger partial charge in [0.05, 0.1) is 0 Å². The Balaban J connectivity index is 0. The van der Waals surface area contributed by atoms with Gasteiger partial charge in [-0.3, -0.25) is 0 Å². The number of hydrogen-bond acceptors (Lipinski definition) is 3. The molecule has 0 aromatic heterocycles. The van der Waals surface area contributed by atoms with Crippen LogP contribution in [0.2, 0.25) is 0 Å². The summed E-state index contributed by atoms with van der Waals surface area (Å²) in [5.74, 6) is 0. The van der Waals surface area contributed by atoms with E-state index in [0.717, 1.165) is 0 Å². The maximum Gasteiger partial charge on any atom is 0.433 e. The van der Waals surface area contributed by atoms with Gasteiger partial charge in [-0.15, -0.1) is 0 Å². The van der Waals surface area contributed by atoms with E-state index in [2.05, 4.69) is 0 Å². The van der Waals surface area contributed by atoms with Crippen LogP contribution in [0.25, 0.3) is 0 Å². The summed E-state index contributed by atoms with van der Waals surface area (Å²) in [6.07, 6.45) is 0. The third-order valence-corrected chi connectivity index (χ3v) is 0. The first-order valence-electron chi connectivity index (χ1n) is 0.478. The van der Waals surface area contributed by atoms with Gasteiger partial charge in [0.25, 0.3) is 0 Å². The third kappa shape index (κ3) is 28.1. The zero-order chi connectivity index (χ0) is 3.58. The fourth-order valence-corrected chi connectivity index (χ4v) is 0. The Morgan fingerprint density at radius 2 is 1.40 bits per heavy atom. The monoisotopic (exact) mass is 293 g/mol. The molecule has 0 aliphatic rings. The van der Waals surface area contributed by atoms with Gasteiger partial charge in [-0.25, -0.2) is 0 Å². The zero-order valence-corrected chi connectivity index (χ0v) is 5.46. The van der Waals surface area contributed by atoms with E-state index in [1.54, 1.807) is 0 Å². The summed E-state index contributed by atoms with van der Waals surface area (Å²) in [6.45, 7) is 0. The van der Waals surface area contributed by atoms with Crippen molar-refractivity contribution in [2.75, 3.05) is 0 Å². The van der Waals surface area contributed by atoms with E-state index < -0.39 is 14.8 Å². The van der Waals surface area contributed by atoms with Crippen molar-refractivity contribution in [3.63, 3.8) is 0 Å². The van der Waals surface area contributed by atoms with Gasteiger partial charge in [0, 0.05) is 37.7 Å². The van der Waals surface area contributed by atoms with Gasteiger partial charge < -0.3 is 8.40 Å². The molecule has 5 heavy (non-hydrogen) atoms. The zero-order valence-electron chi connectivity index (χ0n) is 1.94. The minimum Gasteiger partial charge on any atom is -0.372 e. The molecular weight excluding hydrogens is 293 g/mol. The summed E-state index contributed by atoms with van der Waals surface area (Å²) in [5.41, 5.74) is 0. The Hall–Kier alpha value is 1.62. The summed E-state index contributed by atoms with van der Waals surface area (Å²) in [6, 6.07) is 0. The van der Waals surface area contributed by atoms with E-state index in [1.807, 2.05) is 0 Å². The van der Waals surface area contributed by atoms with Crippen LogP contribution in [0.5, 0.6) is 0 Å². The molecule has 0 unspecified atom stereocenters. The van der Waals surface area contributed by atoms with E-state index in [4.69, 9.17) is 12.6 Å². The number of rotatable bonds is 0. The van der Waals surface area contributed by atoms with Crippen molar-refractivity contribution in [3.05, 3.63) is 0 Å². The molecule has 0 aliphatic carbocycles. The molecular formula is HBrHoO3. The van der Waals surface area contributed by atoms with Crippen LogP contribution in [0.1, 0.15) is 0 Å². The summed E-state index contributed by atoms with van der Waals surface area (Å²) in [7, 11) is 0. The van der Waals surface area contributed by atoms with Crippen molar-refractivity contribution in [1.29, 1.82) is 0 Å². The average Bonchev–Trinajstić information content (AvgIpc) is 0.811. The van der Waals surface area contributed by atoms with E-state index >= 15 is 0 Å². The van der Waals surface area contributed by atoms with E-state index in [-0.39, 0.29) is 37.7 Å². The van der Waals surface area contributed by atoms with Crippen molar-refractivity contribution in [2.24, 2.45) is 0 Å². The van der Waals surface area contributed by atoms with E-state index in [9.17, 15) is 0 Å². The first-order chi connectivity index (χ1) is 1.73. The molecule has 0 bridgehead atoms. The van der Waals surface area contributed by atoms with Crippen molar-refractivity contribution < 1.29 is 65.1 Å². The predicted octanol–water partition coefficient (Wildman–Crippen LogP) is -2.94. The summed E-state index contributed by atoms with van der Waals surface area (Å²) in [4.78, 5) is 0. The molecule has 0 saturated heterocycles. The molecule has 5 heteroatoms. The number of halogens is 1. The maximum absolute atomic E-state index is 8.63. The second-order valence-electron chi connectivity index (χ2n) is 0.201. The van der Waals surface area contributed by atoms with Crippen LogP contribution in [0.3, 0.4) is 0 Å². The van der Waals surface area contributed by atoms with Crippen LogP contribution in [0, 0.1) is 52.6 Å². The molecule has 0 fully saturated rings. The van der Waals surface area contributed by atoms with Crippen LogP contribution in [-0.4, -0.2) is 4.20 Å². The van der Waals surface area contributed by atoms with Gasteiger partial charge in [0.2, 0.25) is 0 Å². The van der Waals surface area contributed by atoms with Gasteiger partial charge in [-0.05, 0) is 4.20 Å².